The summed E-state index contributed by atoms with van der Waals surface area (Å²) in [7, 11) is 1.69. The molecule has 6 heteroatoms. The third-order valence-corrected chi connectivity index (χ3v) is 4.09. The first-order valence-corrected chi connectivity index (χ1v) is 7.20. The SMILES string of the molecule is CCc1[nH]nc(C(=O)N[C@H]2CN(CC)C[C@@H]2OC)c1C. The highest BCUT2D eigenvalue weighted by molar-refractivity contribution is 5.94. The highest BCUT2D eigenvalue weighted by Gasteiger charge is 2.33. The van der Waals surface area contributed by atoms with Gasteiger partial charge < -0.3 is 10.1 Å². The van der Waals surface area contributed by atoms with Gasteiger partial charge in [-0.3, -0.25) is 14.8 Å². The zero-order valence-corrected chi connectivity index (χ0v) is 12.7. The third-order valence-electron chi connectivity index (χ3n) is 4.09. The number of aryl methyl sites for hydroxylation is 1. The molecule has 1 saturated heterocycles. The van der Waals surface area contributed by atoms with Crippen molar-refractivity contribution in [1.29, 1.82) is 0 Å². The number of carbonyl (C=O) groups excluding carboxylic acids is 1. The Labute approximate surface area is 119 Å². The van der Waals surface area contributed by atoms with Crippen LogP contribution in [-0.2, 0) is 11.2 Å². The van der Waals surface area contributed by atoms with Crippen LogP contribution in [0, 0.1) is 6.92 Å². The molecule has 1 amide bonds. The summed E-state index contributed by atoms with van der Waals surface area (Å²) < 4.78 is 5.46. The van der Waals surface area contributed by atoms with Crippen molar-refractivity contribution in [1.82, 2.24) is 20.4 Å². The van der Waals surface area contributed by atoms with E-state index >= 15 is 0 Å². The van der Waals surface area contributed by atoms with Crippen LogP contribution in [0.4, 0.5) is 0 Å². The lowest BCUT2D eigenvalue weighted by Gasteiger charge is -2.18. The minimum Gasteiger partial charge on any atom is -0.378 e. The Balaban J connectivity index is 2.05. The maximum absolute atomic E-state index is 12.3. The minimum absolute atomic E-state index is 0.0219. The molecule has 1 aliphatic heterocycles. The lowest BCUT2D eigenvalue weighted by atomic mass is 10.1. The Kier molecular flexibility index (Phi) is 4.77. The Morgan fingerprint density at radius 2 is 2.25 bits per heavy atom. The third kappa shape index (κ3) is 2.86. The normalized spacial score (nSPS) is 23.2. The van der Waals surface area contributed by atoms with Gasteiger partial charge in [0, 0.05) is 31.5 Å². The second-order valence-corrected chi connectivity index (χ2v) is 5.24. The van der Waals surface area contributed by atoms with Gasteiger partial charge in [-0.2, -0.15) is 5.10 Å². The van der Waals surface area contributed by atoms with Crippen molar-refractivity contribution in [2.24, 2.45) is 0 Å². The molecule has 0 aliphatic carbocycles. The van der Waals surface area contributed by atoms with Gasteiger partial charge in [0.25, 0.3) is 5.91 Å². The number of carbonyl (C=O) groups is 1. The number of amides is 1. The summed E-state index contributed by atoms with van der Waals surface area (Å²) in [5.41, 5.74) is 2.44. The Bertz CT molecular complexity index is 472. The van der Waals surface area contributed by atoms with Crippen molar-refractivity contribution in [3.05, 3.63) is 17.0 Å². The van der Waals surface area contributed by atoms with Crippen molar-refractivity contribution >= 4 is 5.91 Å². The molecule has 0 radical (unpaired) electrons. The average molecular weight is 280 g/mol. The molecule has 2 heterocycles. The Morgan fingerprint density at radius 1 is 1.50 bits per heavy atom. The molecule has 2 atom stereocenters. The molecule has 6 nitrogen and oxygen atoms in total. The second kappa shape index (κ2) is 6.37. The van der Waals surface area contributed by atoms with E-state index in [1.165, 1.54) is 0 Å². The first-order chi connectivity index (χ1) is 9.60. The first kappa shape index (κ1) is 15.0. The molecule has 1 fully saturated rings. The van der Waals surface area contributed by atoms with E-state index in [1.54, 1.807) is 7.11 Å². The Hall–Kier alpha value is -1.40. The number of H-pyrrole nitrogens is 1. The average Bonchev–Trinajstić information content (AvgIpc) is 3.01. The van der Waals surface area contributed by atoms with Crippen LogP contribution in [0.25, 0.3) is 0 Å². The van der Waals surface area contributed by atoms with Crippen molar-refractivity contribution in [3.8, 4) is 0 Å². The molecule has 20 heavy (non-hydrogen) atoms. The van der Waals surface area contributed by atoms with E-state index in [0.29, 0.717) is 5.69 Å². The predicted molar refractivity (Wildman–Crippen MR) is 76.9 cm³/mol. The van der Waals surface area contributed by atoms with Gasteiger partial charge in [0.2, 0.25) is 0 Å². The topological polar surface area (TPSA) is 70.2 Å². The predicted octanol–water partition coefficient (Wildman–Crippen LogP) is 0.729. The van der Waals surface area contributed by atoms with Crippen LogP contribution in [-0.4, -0.2) is 59.9 Å². The Morgan fingerprint density at radius 3 is 2.80 bits per heavy atom. The van der Waals surface area contributed by atoms with E-state index in [2.05, 4.69) is 27.3 Å². The molecule has 2 rings (SSSR count). The molecule has 2 N–H and O–H groups in total. The molecule has 0 unspecified atom stereocenters. The second-order valence-electron chi connectivity index (χ2n) is 5.24. The molecule has 1 aromatic heterocycles. The standard InChI is InChI=1S/C14H24N4O2/c1-5-10-9(3)13(17-16-10)14(19)15-11-7-18(6-2)8-12(11)20-4/h11-12H,5-8H2,1-4H3,(H,15,19)(H,16,17)/t11-,12-/m0/s1. The number of likely N-dealkylation sites (tertiary alicyclic amines) is 1. The summed E-state index contributed by atoms with van der Waals surface area (Å²) in [6.45, 7) is 8.73. The number of nitrogens with zero attached hydrogens (tertiary/aromatic N) is 2. The van der Waals surface area contributed by atoms with Gasteiger partial charge in [-0.05, 0) is 19.9 Å². The van der Waals surface area contributed by atoms with Gasteiger partial charge >= 0.3 is 0 Å². The molecule has 0 saturated carbocycles. The lowest BCUT2D eigenvalue weighted by molar-refractivity contribution is 0.0758. The van der Waals surface area contributed by atoms with E-state index in [1.807, 2.05) is 13.8 Å². The van der Waals surface area contributed by atoms with E-state index in [4.69, 9.17) is 4.74 Å². The molecule has 112 valence electrons. The number of likely N-dealkylation sites (N-methyl/N-ethyl adjacent to an activating group) is 1. The number of ether oxygens (including phenoxy) is 1. The van der Waals surface area contributed by atoms with E-state index in [0.717, 1.165) is 37.3 Å². The number of hydrogen-bond donors (Lipinski definition) is 2. The quantitative estimate of drug-likeness (QED) is 0.834. The smallest absolute Gasteiger partial charge is 0.272 e. The van der Waals surface area contributed by atoms with Crippen molar-refractivity contribution < 1.29 is 9.53 Å². The fourth-order valence-corrected chi connectivity index (χ4v) is 2.72. The van der Waals surface area contributed by atoms with Gasteiger partial charge in [-0.15, -0.1) is 0 Å². The van der Waals surface area contributed by atoms with Crippen LogP contribution >= 0.6 is 0 Å². The summed E-state index contributed by atoms with van der Waals surface area (Å²) in [5.74, 6) is -0.122. The summed E-state index contributed by atoms with van der Waals surface area (Å²) in [6, 6.07) is 0.0219. The lowest BCUT2D eigenvalue weighted by Crippen LogP contribution is -2.43. The maximum atomic E-state index is 12.3. The molecule has 0 aromatic carbocycles. The molecule has 1 aliphatic rings. The van der Waals surface area contributed by atoms with Gasteiger partial charge in [0.15, 0.2) is 5.69 Å². The maximum Gasteiger partial charge on any atom is 0.272 e. The number of methoxy groups -OCH3 is 1. The van der Waals surface area contributed by atoms with E-state index in [-0.39, 0.29) is 18.1 Å². The van der Waals surface area contributed by atoms with Gasteiger partial charge in [0.1, 0.15) is 0 Å². The van der Waals surface area contributed by atoms with Crippen LogP contribution in [0.3, 0.4) is 0 Å². The van der Waals surface area contributed by atoms with E-state index in [9.17, 15) is 4.79 Å². The van der Waals surface area contributed by atoms with Crippen LogP contribution in [0.15, 0.2) is 0 Å². The summed E-state index contributed by atoms with van der Waals surface area (Å²) in [4.78, 5) is 14.6. The summed E-state index contributed by atoms with van der Waals surface area (Å²) >= 11 is 0. The number of rotatable bonds is 5. The first-order valence-electron chi connectivity index (χ1n) is 7.20. The fraction of sp³-hybridized carbons (Fsp3) is 0.714. The zero-order chi connectivity index (χ0) is 14.7. The molecule has 1 aromatic rings. The number of aromatic amines is 1. The molecular weight excluding hydrogens is 256 g/mol. The monoisotopic (exact) mass is 280 g/mol. The highest BCUT2D eigenvalue weighted by Crippen LogP contribution is 2.15. The number of aromatic nitrogens is 2. The van der Waals surface area contributed by atoms with Crippen LogP contribution < -0.4 is 5.32 Å². The fourth-order valence-electron chi connectivity index (χ4n) is 2.72. The molecule has 0 bridgehead atoms. The van der Waals surface area contributed by atoms with Crippen LogP contribution in [0.2, 0.25) is 0 Å². The zero-order valence-electron chi connectivity index (χ0n) is 12.7. The van der Waals surface area contributed by atoms with Crippen LogP contribution in [0.1, 0.15) is 35.6 Å². The number of hydrogen-bond acceptors (Lipinski definition) is 4. The highest BCUT2D eigenvalue weighted by atomic mass is 16.5. The minimum atomic E-state index is -0.122. The summed E-state index contributed by atoms with van der Waals surface area (Å²) in [6.07, 6.45) is 0.892. The van der Waals surface area contributed by atoms with E-state index < -0.39 is 0 Å². The van der Waals surface area contributed by atoms with Crippen molar-refractivity contribution in [3.63, 3.8) is 0 Å². The van der Waals surface area contributed by atoms with Gasteiger partial charge in [-0.25, -0.2) is 0 Å². The van der Waals surface area contributed by atoms with Crippen LogP contribution in [0.5, 0.6) is 0 Å². The molecular formula is C14H24N4O2. The largest absolute Gasteiger partial charge is 0.378 e. The van der Waals surface area contributed by atoms with Gasteiger partial charge in [0.05, 0.1) is 12.1 Å². The molecule has 0 spiro atoms. The summed E-state index contributed by atoms with van der Waals surface area (Å²) in [5, 5.41) is 10.1. The van der Waals surface area contributed by atoms with Gasteiger partial charge in [-0.1, -0.05) is 13.8 Å². The van der Waals surface area contributed by atoms with Crippen molar-refractivity contribution in [2.45, 2.75) is 39.3 Å². The van der Waals surface area contributed by atoms with Crippen molar-refractivity contribution in [2.75, 3.05) is 26.7 Å². The number of nitrogens with one attached hydrogen (secondary N) is 2.